The van der Waals surface area contributed by atoms with Gasteiger partial charge in [0.2, 0.25) is 5.96 Å². The highest BCUT2D eigenvalue weighted by atomic mass is 32.2. The summed E-state index contributed by atoms with van der Waals surface area (Å²) in [6, 6.07) is 12.7. The van der Waals surface area contributed by atoms with Gasteiger partial charge >= 0.3 is 12.1 Å². The molecule has 1 saturated heterocycles. The molecule has 2 aromatic carbocycles. The molecule has 1 aliphatic heterocycles. The number of alkyl carbamates (subject to hydrolysis) is 1. The van der Waals surface area contributed by atoms with Crippen molar-refractivity contribution in [3.05, 3.63) is 70.8 Å². The Morgan fingerprint density at radius 2 is 1.73 bits per heavy atom. The van der Waals surface area contributed by atoms with Crippen LogP contribution in [0.2, 0.25) is 0 Å². The normalized spacial score (nSPS) is 18.0. The van der Waals surface area contributed by atoms with Crippen molar-refractivity contribution in [2.24, 2.45) is 10.2 Å². The summed E-state index contributed by atoms with van der Waals surface area (Å²) in [6.07, 6.45) is 2.85. The first kappa shape index (κ1) is 28.3. The molecule has 1 heterocycles. The molecule has 0 aromatic heterocycles. The number of aliphatic carboxylic acids is 1. The lowest BCUT2D eigenvalue weighted by atomic mass is 9.97. The van der Waals surface area contributed by atoms with Crippen LogP contribution in [0, 0.1) is 0 Å². The summed E-state index contributed by atoms with van der Waals surface area (Å²) in [5.41, 5.74) is 6.02. The molecule has 1 amide bonds. The second-order valence-corrected chi connectivity index (χ2v) is 12.3. The van der Waals surface area contributed by atoms with Gasteiger partial charge in [0.15, 0.2) is 9.84 Å². The van der Waals surface area contributed by atoms with Gasteiger partial charge in [0.1, 0.15) is 12.6 Å². The van der Waals surface area contributed by atoms with E-state index in [1.165, 1.54) is 11.1 Å². The van der Waals surface area contributed by atoms with Crippen molar-refractivity contribution < 1.29 is 27.9 Å². The van der Waals surface area contributed by atoms with E-state index in [0.717, 1.165) is 54.8 Å². The van der Waals surface area contributed by atoms with Crippen LogP contribution in [0.25, 0.3) is 5.57 Å². The molecule has 11 nitrogen and oxygen atoms in total. The number of nitrogens with one attached hydrogen (secondary N) is 3. The van der Waals surface area contributed by atoms with E-state index in [9.17, 15) is 23.1 Å². The predicted molar refractivity (Wildman–Crippen MR) is 154 cm³/mol. The van der Waals surface area contributed by atoms with Crippen LogP contribution in [0.1, 0.15) is 48.8 Å². The van der Waals surface area contributed by atoms with Crippen LogP contribution in [0.15, 0.2) is 69.2 Å². The van der Waals surface area contributed by atoms with Crippen molar-refractivity contribution in [1.82, 2.24) is 16.0 Å². The second-order valence-electron chi connectivity index (χ2n) is 10.2. The Morgan fingerprint density at radius 1 is 0.976 bits per heavy atom. The minimum atomic E-state index is -3.82. The molecule has 3 aliphatic rings. The molecule has 0 radical (unpaired) electrons. The third kappa shape index (κ3) is 6.94. The van der Waals surface area contributed by atoms with Crippen molar-refractivity contribution in [2.75, 3.05) is 18.8 Å². The maximum Gasteiger partial charge on any atom is 0.408 e. The van der Waals surface area contributed by atoms with Gasteiger partial charge in [-0.15, -0.1) is 5.10 Å². The van der Waals surface area contributed by atoms with Gasteiger partial charge in [0.05, 0.1) is 16.4 Å². The van der Waals surface area contributed by atoms with E-state index in [1.807, 2.05) is 12.1 Å². The number of hydrogen-bond acceptors (Lipinski definition) is 7. The number of allylic oxidation sites excluding steroid dienone is 2. The van der Waals surface area contributed by atoms with E-state index in [2.05, 4.69) is 26.2 Å². The number of guanidine groups is 1. The number of nitrogens with zero attached hydrogens (tertiary/aromatic N) is 2. The van der Waals surface area contributed by atoms with Gasteiger partial charge < -0.3 is 25.8 Å². The molecule has 12 heteroatoms. The molecule has 4 N–H and O–H groups in total. The average Bonchev–Trinajstić information content (AvgIpc) is 3.65. The van der Waals surface area contributed by atoms with Gasteiger partial charge in [0.25, 0.3) is 0 Å². The topological polar surface area (TPSA) is 159 Å². The lowest BCUT2D eigenvalue weighted by Gasteiger charge is -2.16. The fourth-order valence-electron chi connectivity index (χ4n) is 5.30. The fourth-order valence-corrected chi connectivity index (χ4v) is 6.68. The molecule has 2 aliphatic carbocycles. The van der Waals surface area contributed by atoms with Crippen LogP contribution < -0.4 is 16.0 Å². The highest BCUT2D eigenvalue weighted by molar-refractivity contribution is 7.91. The average molecular weight is 580 g/mol. The second kappa shape index (κ2) is 12.5. The number of amides is 1. The van der Waals surface area contributed by atoms with Crippen LogP contribution in [0.3, 0.4) is 0 Å². The van der Waals surface area contributed by atoms with Crippen LogP contribution in [-0.2, 0) is 32.4 Å². The van der Waals surface area contributed by atoms with Crippen LogP contribution in [0.5, 0.6) is 0 Å². The highest BCUT2D eigenvalue weighted by Gasteiger charge is 2.28. The SMILES string of the molecule is O=C(NC(CCS(=O)(=O)c1ccc2c(c1)CCC(=NN=C1NCCN1)C1=C2CCC1)C(=O)O)OCc1ccccc1. The smallest absolute Gasteiger partial charge is 0.408 e. The number of carbonyl (C=O) groups is 2. The van der Waals surface area contributed by atoms with Crippen molar-refractivity contribution in [3.8, 4) is 0 Å². The molecule has 0 saturated carbocycles. The van der Waals surface area contributed by atoms with E-state index in [4.69, 9.17) is 4.74 Å². The zero-order chi connectivity index (χ0) is 28.8. The number of rotatable bonds is 9. The molecule has 5 rings (SSSR count). The van der Waals surface area contributed by atoms with E-state index in [1.54, 1.807) is 36.4 Å². The minimum Gasteiger partial charge on any atom is -0.480 e. The van der Waals surface area contributed by atoms with Gasteiger partial charge in [-0.3, -0.25) is 0 Å². The maximum absolute atomic E-state index is 13.3. The molecule has 1 unspecified atom stereocenters. The Morgan fingerprint density at radius 3 is 2.49 bits per heavy atom. The molecule has 216 valence electrons. The summed E-state index contributed by atoms with van der Waals surface area (Å²) in [6.45, 7) is 1.59. The highest BCUT2D eigenvalue weighted by Crippen LogP contribution is 2.40. The number of carboxylic acid groups (broad SMARTS) is 1. The van der Waals surface area contributed by atoms with Crippen molar-refractivity contribution in [1.29, 1.82) is 0 Å². The number of hydrogen-bond donors (Lipinski definition) is 4. The van der Waals surface area contributed by atoms with Gasteiger partial charge in [-0.25, -0.2) is 18.0 Å². The number of fused-ring (bicyclic) bond motifs is 2. The summed E-state index contributed by atoms with van der Waals surface area (Å²) in [5.74, 6) is -1.12. The van der Waals surface area contributed by atoms with Gasteiger partial charge in [-0.2, -0.15) is 5.10 Å². The van der Waals surface area contributed by atoms with Gasteiger partial charge in [0, 0.05) is 13.1 Å². The number of carbonyl (C=O) groups excluding carboxylic acids is 1. The first-order valence-corrected chi connectivity index (χ1v) is 15.4. The maximum atomic E-state index is 13.3. The Bertz CT molecular complexity index is 1510. The first-order chi connectivity index (χ1) is 19.8. The molecule has 1 fully saturated rings. The quantitative estimate of drug-likeness (QED) is 0.330. The van der Waals surface area contributed by atoms with Crippen molar-refractivity contribution in [2.45, 2.75) is 56.1 Å². The molecule has 1 atom stereocenters. The molecule has 41 heavy (non-hydrogen) atoms. The van der Waals surface area contributed by atoms with Crippen LogP contribution in [0.4, 0.5) is 4.79 Å². The number of benzene rings is 2. The number of aryl methyl sites for hydroxylation is 1. The lowest BCUT2D eigenvalue weighted by Crippen LogP contribution is -2.42. The Kier molecular flexibility index (Phi) is 8.67. The zero-order valence-electron chi connectivity index (χ0n) is 22.6. The Balaban J connectivity index is 1.26. The molecule has 0 bridgehead atoms. The van der Waals surface area contributed by atoms with Gasteiger partial charge in [-0.05, 0) is 78.5 Å². The van der Waals surface area contributed by atoms with E-state index >= 15 is 0 Å². The number of ether oxygens (including phenoxy) is 1. The number of carboxylic acids is 1. The molecular weight excluding hydrogens is 546 g/mol. The lowest BCUT2D eigenvalue weighted by molar-refractivity contribution is -0.139. The summed E-state index contributed by atoms with van der Waals surface area (Å²) < 4.78 is 31.6. The van der Waals surface area contributed by atoms with E-state index in [0.29, 0.717) is 18.8 Å². The minimum absolute atomic E-state index is 0.0295. The Hall–Kier alpha value is -4.19. The fraction of sp³-hybridized carbons (Fsp3) is 0.379. The standard InChI is InChI=1S/C29H33N5O6S/c35-27(36)26(32-29(37)40-18-19-5-2-1-3-6-19)13-16-41(38,39)21-10-11-22-20(17-21)9-12-25(24-8-4-7-23(22)24)33-34-28-30-14-15-31-28/h1-3,5-6,10-11,17,26H,4,7-9,12-16,18H2,(H,32,37)(H,35,36)(H2,30,31,34). The van der Waals surface area contributed by atoms with E-state index < -0.39 is 33.7 Å². The van der Waals surface area contributed by atoms with Crippen molar-refractivity contribution in [3.63, 3.8) is 0 Å². The summed E-state index contributed by atoms with van der Waals surface area (Å²) in [5, 5.41) is 27.0. The zero-order valence-corrected chi connectivity index (χ0v) is 23.4. The summed E-state index contributed by atoms with van der Waals surface area (Å²) in [4.78, 5) is 24.1. The molecule has 0 spiro atoms. The summed E-state index contributed by atoms with van der Waals surface area (Å²) >= 11 is 0. The van der Waals surface area contributed by atoms with Crippen LogP contribution in [-0.4, -0.2) is 62.1 Å². The molecule has 2 aromatic rings. The van der Waals surface area contributed by atoms with E-state index in [-0.39, 0.29) is 17.9 Å². The van der Waals surface area contributed by atoms with Crippen molar-refractivity contribution >= 4 is 39.1 Å². The molecular formula is C29H33N5O6S. The number of sulfone groups is 1. The largest absolute Gasteiger partial charge is 0.480 e. The third-order valence-electron chi connectivity index (χ3n) is 7.42. The Labute approximate surface area is 238 Å². The monoisotopic (exact) mass is 579 g/mol. The van der Waals surface area contributed by atoms with Crippen LogP contribution >= 0.6 is 0 Å². The predicted octanol–water partition coefficient (Wildman–Crippen LogP) is 3.02. The van der Waals surface area contributed by atoms with Gasteiger partial charge in [-0.1, -0.05) is 36.4 Å². The third-order valence-corrected chi connectivity index (χ3v) is 9.16. The first-order valence-electron chi connectivity index (χ1n) is 13.7. The summed E-state index contributed by atoms with van der Waals surface area (Å²) in [7, 11) is -3.82.